The van der Waals surface area contributed by atoms with E-state index in [0.29, 0.717) is 5.56 Å². The summed E-state index contributed by atoms with van der Waals surface area (Å²) in [6, 6.07) is 6.40. The first kappa shape index (κ1) is 15.1. The van der Waals surface area contributed by atoms with Gasteiger partial charge in [0.05, 0.1) is 16.9 Å². The van der Waals surface area contributed by atoms with Crippen LogP contribution in [0.2, 0.25) is 0 Å². The summed E-state index contributed by atoms with van der Waals surface area (Å²) in [6.45, 7) is 3.93. The Morgan fingerprint density at radius 1 is 1.42 bits per heavy atom. The number of carbonyl (C=O) groups excluding carboxylic acids is 1. The largest absolute Gasteiger partial charge is 0.341 e. The van der Waals surface area contributed by atoms with Crippen LogP contribution in [0.15, 0.2) is 24.3 Å². The van der Waals surface area contributed by atoms with Crippen molar-refractivity contribution in [3.8, 4) is 0 Å². The maximum absolute atomic E-state index is 12.2. The van der Waals surface area contributed by atoms with Gasteiger partial charge in [-0.2, -0.15) is 0 Å². The number of amides is 1. The zero-order valence-corrected chi connectivity index (χ0v) is 11.4. The molecule has 1 amide bonds. The minimum atomic E-state index is -0.668. The van der Waals surface area contributed by atoms with Crippen molar-refractivity contribution in [2.75, 3.05) is 13.6 Å². The van der Waals surface area contributed by atoms with Gasteiger partial charge < -0.3 is 10.6 Å². The summed E-state index contributed by atoms with van der Waals surface area (Å²) in [4.78, 5) is 24.1. The summed E-state index contributed by atoms with van der Waals surface area (Å²) >= 11 is 0. The third-order valence-corrected chi connectivity index (χ3v) is 3.03. The molecule has 0 fully saturated rings. The highest BCUT2D eigenvalue weighted by Crippen LogP contribution is 2.22. The van der Waals surface area contributed by atoms with E-state index in [0.717, 1.165) is 0 Å². The van der Waals surface area contributed by atoms with Gasteiger partial charge in [-0.05, 0) is 13.8 Å². The number of nitro benzene ring substituents is 1. The fourth-order valence-electron chi connectivity index (χ4n) is 1.75. The van der Waals surface area contributed by atoms with Crippen molar-refractivity contribution in [3.63, 3.8) is 0 Å². The van der Waals surface area contributed by atoms with Crippen LogP contribution in [0.1, 0.15) is 19.4 Å². The fraction of sp³-hybridized carbons (Fsp3) is 0.462. The van der Waals surface area contributed by atoms with E-state index in [2.05, 4.69) is 0 Å². The molecule has 0 heterocycles. The number of carbonyl (C=O) groups is 1. The van der Waals surface area contributed by atoms with Gasteiger partial charge in [0.2, 0.25) is 5.91 Å². The zero-order valence-electron chi connectivity index (χ0n) is 11.4. The molecule has 1 rings (SSSR count). The Morgan fingerprint density at radius 3 is 2.53 bits per heavy atom. The van der Waals surface area contributed by atoms with Gasteiger partial charge in [-0.1, -0.05) is 18.2 Å². The van der Waals surface area contributed by atoms with Gasteiger partial charge in [0.15, 0.2) is 0 Å². The Labute approximate surface area is 112 Å². The lowest BCUT2D eigenvalue weighted by atomic mass is 9.92. The Kier molecular flexibility index (Phi) is 4.61. The smallest absolute Gasteiger partial charge is 0.274 e. The predicted octanol–water partition coefficient (Wildman–Crippen LogP) is 1.54. The van der Waals surface area contributed by atoms with Gasteiger partial charge in [0.25, 0.3) is 5.69 Å². The lowest BCUT2D eigenvalue weighted by Gasteiger charge is -2.28. The molecule has 0 aliphatic rings. The fourth-order valence-corrected chi connectivity index (χ4v) is 1.75. The Hall–Kier alpha value is -1.95. The number of rotatable bonds is 5. The first-order valence-corrected chi connectivity index (χ1v) is 5.97. The molecule has 6 nitrogen and oxygen atoms in total. The van der Waals surface area contributed by atoms with E-state index in [-0.39, 0.29) is 24.7 Å². The minimum absolute atomic E-state index is 0.0210. The van der Waals surface area contributed by atoms with Crippen LogP contribution in [0, 0.1) is 15.5 Å². The molecule has 0 bridgehead atoms. The normalized spacial score (nSPS) is 11.2. The second-order valence-corrected chi connectivity index (χ2v) is 5.14. The number of nitrogens with two attached hydrogens (primary N) is 1. The molecule has 19 heavy (non-hydrogen) atoms. The minimum Gasteiger partial charge on any atom is -0.341 e. The van der Waals surface area contributed by atoms with E-state index in [1.807, 2.05) is 0 Å². The highest BCUT2D eigenvalue weighted by Gasteiger charge is 2.29. The number of benzene rings is 1. The molecule has 0 unspecified atom stereocenters. The quantitative estimate of drug-likeness (QED) is 0.646. The SMILES string of the molecule is CN(Cc1ccccc1[N+](=O)[O-])C(=O)C(C)(C)CN. The summed E-state index contributed by atoms with van der Waals surface area (Å²) in [6.07, 6.45) is 0. The third kappa shape index (κ3) is 3.51. The highest BCUT2D eigenvalue weighted by molar-refractivity contribution is 5.82. The molecular weight excluding hydrogens is 246 g/mol. The Morgan fingerprint density at radius 2 is 2.00 bits per heavy atom. The molecule has 0 saturated heterocycles. The highest BCUT2D eigenvalue weighted by atomic mass is 16.6. The molecule has 0 saturated carbocycles. The topological polar surface area (TPSA) is 89.5 Å². The van der Waals surface area contributed by atoms with Gasteiger partial charge in [0.1, 0.15) is 0 Å². The van der Waals surface area contributed by atoms with Gasteiger partial charge >= 0.3 is 0 Å². The molecule has 0 spiro atoms. The van der Waals surface area contributed by atoms with Crippen molar-refractivity contribution in [1.29, 1.82) is 0 Å². The maximum Gasteiger partial charge on any atom is 0.274 e. The van der Waals surface area contributed by atoms with Crippen molar-refractivity contribution in [3.05, 3.63) is 39.9 Å². The average Bonchev–Trinajstić information content (AvgIpc) is 2.38. The second-order valence-electron chi connectivity index (χ2n) is 5.14. The summed E-state index contributed by atoms with van der Waals surface area (Å²) in [5.41, 5.74) is 5.42. The Balaban J connectivity index is 2.92. The molecular formula is C13H19N3O3. The van der Waals surface area contributed by atoms with Crippen LogP contribution < -0.4 is 5.73 Å². The van der Waals surface area contributed by atoms with Crippen LogP contribution in [0.25, 0.3) is 0 Å². The average molecular weight is 265 g/mol. The molecule has 104 valence electrons. The Bertz CT molecular complexity index is 486. The number of nitro groups is 1. The van der Waals surface area contributed by atoms with Gasteiger partial charge in [-0.15, -0.1) is 0 Å². The van der Waals surface area contributed by atoms with E-state index < -0.39 is 10.3 Å². The van der Waals surface area contributed by atoms with E-state index in [9.17, 15) is 14.9 Å². The van der Waals surface area contributed by atoms with Crippen molar-refractivity contribution in [1.82, 2.24) is 4.90 Å². The summed E-state index contributed by atoms with van der Waals surface area (Å²) in [7, 11) is 1.62. The molecule has 0 radical (unpaired) electrons. The number of hydrogen-bond donors (Lipinski definition) is 1. The first-order valence-electron chi connectivity index (χ1n) is 5.97. The standard InChI is InChI=1S/C13H19N3O3/c1-13(2,9-14)12(17)15(3)8-10-6-4-5-7-11(10)16(18)19/h4-7H,8-9,14H2,1-3H3. The monoisotopic (exact) mass is 265 g/mol. The van der Waals surface area contributed by atoms with E-state index in [4.69, 9.17) is 5.73 Å². The molecule has 1 aromatic carbocycles. The van der Waals surface area contributed by atoms with Gasteiger partial charge in [-0.25, -0.2) is 0 Å². The lowest BCUT2D eigenvalue weighted by molar-refractivity contribution is -0.385. The van der Waals surface area contributed by atoms with Crippen molar-refractivity contribution >= 4 is 11.6 Å². The zero-order chi connectivity index (χ0) is 14.6. The second kappa shape index (κ2) is 5.79. The molecule has 0 aliphatic heterocycles. The van der Waals surface area contributed by atoms with Crippen molar-refractivity contribution < 1.29 is 9.72 Å². The lowest BCUT2D eigenvalue weighted by Crippen LogP contribution is -2.42. The molecule has 0 aromatic heterocycles. The number of hydrogen-bond acceptors (Lipinski definition) is 4. The van der Waals surface area contributed by atoms with Crippen LogP contribution in [0.4, 0.5) is 5.69 Å². The molecule has 6 heteroatoms. The van der Waals surface area contributed by atoms with Crippen LogP contribution in [0.3, 0.4) is 0 Å². The summed E-state index contributed by atoms with van der Waals surface area (Å²) < 4.78 is 0. The summed E-state index contributed by atoms with van der Waals surface area (Å²) in [5, 5.41) is 10.9. The maximum atomic E-state index is 12.2. The van der Waals surface area contributed by atoms with Crippen molar-refractivity contribution in [2.45, 2.75) is 20.4 Å². The van der Waals surface area contributed by atoms with Crippen LogP contribution >= 0.6 is 0 Å². The predicted molar refractivity (Wildman–Crippen MR) is 72.4 cm³/mol. The third-order valence-electron chi connectivity index (χ3n) is 3.03. The number of para-hydroxylation sites is 1. The first-order chi connectivity index (χ1) is 8.79. The molecule has 2 N–H and O–H groups in total. The van der Waals surface area contributed by atoms with E-state index in [1.165, 1.54) is 11.0 Å². The van der Waals surface area contributed by atoms with Crippen LogP contribution in [-0.2, 0) is 11.3 Å². The van der Waals surface area contributed by atoms with E-state index >= 15 is 0 Å². The van der Waals surface area contributed by atoms with Crippen molar-refractivity contribution in [2.24, 2.45) is 11.1 Å². The van der Waals surface area contributed by atoms with E-state index in [1.54, 1.807) is 39.1 Å². The molecule has 1 aromatic rings. The number of nitrogens with zero attached hydrogens (tertiary/aromatic N) is 2. The van der Waals surface area contributed by atoms with Gasteiger partial charge in [0, 0.05) is 25.2 Å². The molecule has 0 aliphatic carbocycles. The van der Waals surface area contributed by atoms with Crippen LogP contribution in [-0.4, -0.2) is 29.3 Å². The van der Waals surface area contributed by atoms with Gasteiger partial charge in [-0.3, -0.25) is 14.9 Å². The molecule has 0 atom stereocenters. The van der Waals surface area contributed by atoms with Crippen LogP contribution in [0.5, 0.6) is 0 Å². The summed E-state index contributed by atoms with van der Waals surface area (Å²) in [5.74, 6) is -0.131.